The molecule has 2 aromatic rings. The number of hydrogen-bond donors (Lipinski definition) is 2. The molecule has 7 heteroatoms. The number of nitrogens with one attached hydrogen (secondary N) is 2. The second-order valence-corrected chi connectivity index (χ2v) is 4.71. The van der Waals surface area contributed by atoms with Gasteiger partial charge in [-0.2, -0.15) is 0 Å². The Balaban J connectivity index is 2.43. The van der Waals surface area contributed by atoms with Crippen molar-refractivity contribution in [2.75, 3.05) is 17.2 Å². The van der Waals surface area contributed by atoms with Crippen LogP contribution in [0.1, 0.15) is 18.1 Å². The normalized spacial score (nSPS) is 10.2. The molecule has 1 aromatic carbocycles. The third-order valence-corrected chi connectivity index (χ3v) is 2.83. The predicted molar refractivity (Wildman–Crippen MR) is 82.0 cm³/mol. The summed E-state index contributed by atoms with van der Waals surface area (Å²) in [6, 6.07) is 5.85. The van der Waals surface area contributed by atoms with Crippen LogP contribution in [-0.4, -0.2) is 21.4 Å². The molecule has 0 saturated heterocycles. The maximum Gasteiger partial charge on any atom is 0.353 e. The molecule has 0 fully saturated rings. The van der Waals surface area contributed by atoms with Crippen molar-refractivity contribution in [1.29, 1.82) is 0 Å². The molecule has 0 spiro atoms. The summed E-state index contributed by atoms with van der Waals surface area (Å²) in [4.78, 5) is 18.7. The zero-order valence-corrected chi connectivity index (χ0v) is 12.2. The Bertz CT molecular complexity index is 652. The first-order chi connectivity index (χ1) is 10.0. The highest BCUT2D eigenvalue weighted by molar-refractivity contribution is 5.74. The lowest BCUT2D eigenvalue weighted by atomic mass is 10.1. The highest BCUT2D eigenvalue weighted by Gasteiger charge is 2.22. The zero-order valence-electron chi connectivity index (χ0n) is 12.2. The predicted octanol–water partition coefficient (Wildman–Crippen LogP) is 3.18. The molecule has 110 valence electrons. The van der Waals surface area contributed by atoms with E-state index < -0.39 is 4.92 Å². The van der Waals surface area contributed by atoms with Crippen molar-refractivity contribution >= 4 is 23.0 Å². The molecule has 1 heterocycles. The van der Waals surface area contributed by atoms with Crippen LogP contribution in [0.4, 0.5) is 23.0 Å². The Morgan fingerprint density at radius 2 is 1.76 bits per heavy atom. The van der Waals surface area contributed by atoms with Crippen molar-refractivity contribution in [3.05, 3.63) is 45.8 Å². The molecular formula is C14H17N5O2. The Morgan fingerprint density at radius 1 is 1.14 bits per heavy atom. The number of hydrogen-bond acceptors (Lipinski definition) is 6. The number of nitro groups is 1. The van der Waals surface area contributed by atoms with Crippen LogP contribution >= 0.6 is 0 Å². The molecule has 0 atom stereocenters. The molecule has 21 heavy (non-hydrogen) atoms. The van der Waals surface area contributed by atoms with Gasteiger partial charge in [-0.1, -0.05) is 6.07 Å². The fraction of sp³-hybridized carbons (Fsp3) is 0.286. The minimum atomic E-state index is -0.483. The van der Waals surface area contributed by atoms with Gasteiger partial charge in [0.1, 0.15) is 6.33 Å². The second kappa shape index (κ2) is 6.17. The summed E-state index contributed by atoms with van der Waals surface area (Å²) < 4.78 is 0. The summed E-state index contributed by atoms with van der Waals surface area (Å²) in [5.41, 5.74) is 2.75. The summed E-state index contributed by atoms with van der Waals surface area (Å²) in [6.45, 7) is 6.33. The van der Waals surface area contributed by atoms with Gasteiger partial charge in [-0.15, -0.1) is 0 Å². The molecule has 7 nitrogen and oxygen atoms in total. The van der Waals surface area contributed by atoms with Crippen LogP contribution in [-0.2, 0) is 0 Å². The number of anilines is 3. The average Bonchev–Trinajstić information content (AvgIpc) is 2.37. The lowest BCUT2D eigenvalue weighted by Crippen LogP contribution is -2.07. The van der Waals surface area contributed by atoms with Gasteiger partial charge in [-0.05, 0) is 44.0 Å². The van der Waals surface area contributed by atoms with Crippen molar-refractivity contribution in [2.24, 2.45) is 0 Å². The molecule has 0 saturated carbocycles. The largest absolute Gasteiger partial charge is 0.364 e. The van der Waals surface area contributed by atoms with E-state index in [9.17, 15) is 10.1 Å². The van der Waals surface area contributed by atoms with Crippen molar-refractivity contribution in [1.82, 2.24) is 9.97 Å². The van der Waals surface area contributed by atoms with E-state index in [0.29, 0.717) is 6.54 Å². The van der Waals surface area contributed by atoms with E-state index >= 15 is 0 Å². The monoisotopic (exact) mass is 287 g/mol. The van der Waals surface area contributed by atoms with Gasteiger partial charge in [0, 0.05) is 12.2 Å². The zero-order chi connectivity index (χ0) is 15.4. The lowest BCUT2D eigenvalue weighted by molar-refractivity contribution is -0.383. The average molecular weight is 287 g/mol. The summed E-state index contributed by atoms with van der Waals surface area (Å²) in [5.74, 6) is 0.389. The van der Waals surface area contributed by atoms with E-state index in [-0.39, 0.29) is 17.3 Å². The van der Waals surface area contributed by atoms with Crippen LogP contribution in [0.25, 0.3) is 0 Å². The maximum atomic E-state index is 11.3. The van der Waals surface area contributed by atoms with Crippen LogP contribution in [0.2, 0.25) is 0 Å². The molecule has 0 radical (unpaired) electrons. The standard InChI is InChI=1S/C14H17N5O2/c1-4-15-13-12(19(20)21)14(17-8-16-13)18-11-6-9(2)5-10(3)7-11/h5-8H,4H2,1-3H3,(H2,15,16,17,18). The molecular weight excluding hydrogens is 270 g/mol. The molecule has 0 unspecified atom stereocenters. The van der Waals surface area contributed by atoms with Crippen LogP contribution in [0.3, 0.4) is 0 Å². The van der Waals surface area contributed by atoms with Gasteiger partial charge >= 0.3 is 5.69 Å². The van der Waals surface area contributed by atoms with E-state index in [1.165, 1.54) is 6.33 Å². The Morgan fingerprint density at radius 3 is 2.33 bits per heavy atom. The number of benzene rings is 1. The van der Waals surface area contributed by atoms with Crippen LogP contribution in [0.5, 0.6) is 0 Å². The Hall–Kier alpha value is -2.70. The number of aryl methyl sites for hydroxylation is 2. The first-order valence-corrected chi connectivity index (χ1v) is 6.60. The van der Waals surface area contributed by atoms with E-state index in [2.05, 4.69) is 20.6 Å². The molecule has 2 N–H and O–H groups in total. The minimum Gasteiger partial charge on any atom is -0.364 e. The highest BCUT2D eigenvalue weighted by atomic mass is 16.6. The van der Waals surface area contributed by atoms with E-state index in [0.717, 1.165) is 16.8 Å². The first kappa shape index (κ1) is 14.7. The number of nitrogens with zero attached hydrogens (tertiary/aromatic N) is 3. The lowest BCUT2D eigenvalue weighted by Gasteiger charge is -2.10. The SMILES string of the molecule is CCNc1ncnc(Nc2cc(C)cc(C)c2)c1[N+](=O)[O-]. The molecule has 0 aliphatic rings. The van der Waals surface area contributed by atoms with Gasteiger partial charge in [-0.25, -0.2) is 9.97 Å². The summed E-state index contributed by atoms with van der Waals surface area (Å²) in [5, 5.41) is 17.2. The molecule has 2 rings (SSSR count). The topological polar surface area (TPSA) is 93.0 Å². The van der Waals surface area contributed by atoms with Gasteiger partial charge in [0.15, 0.2) is 0 Å². The highest BCUT2D eigenvalue weighted by Crippen LogP contribution is 2.31. The van der Waals surface area contributed by atoms with Crippen molar-refractivity contribution in [2.45, 2.75) is 20.8 Å². The van der Waals surface area contributed by atoms with E-state index in [1.807, 2.05) is 39.0 Å². The maximum absolute atomic E-state index is 11.3. The fourth-order valence-electron chi connectivity index (χ4n) is 2.12. The summed E-state index contributed by atoms with van der Waals surface area (Å²) >= 11 is 0. The quantitative estimate of drug-likeness (QED) is 0.648. The van der Waals surface area contributed by atoms with Crippen molar-refractivity contribution < 1.29 is 4.92 Å². The summed E-state index contributed by atoms with van der Waals surface area (Å²) in [7, 11) is 0. The fourth-order valence-corrected chi connectivity index (χ4v) is 2.12. The van der Waals surface area contributed by atoms with Crippen LogP contribution in [0, 0.1) is 24.0 Å². The molecule has 0 aliphatic heterocycles. The minimum absolute atomic E-state index is 0.154. The Labute approximate surface area is 122 Å². The van der Waals surface area contributed by atoms with Crippen molar-refractivity contribution in [3.63, 3.8) is 0 Å². The first-order valence-electron chi connectivity index (χ1n) is 6.60. The third-order valence-electron chi connectivity index (χ3n) is 2.83. The van der Waals surface area contributed by atoms with Crippen LogP contribution < -0.4 is 10.6 Å². The van der Waals surface area contributed by atoms with Crippen molar-refractivity contribution in [3.8, 4) is 0 Å². The van der Waals surface area contributed by atoms with E-state index in [4.69, 9.17) is 0 Å². The Kier molecular flexibility index (Phi) is 4.32. The van der Waals surface area contributed by atoms with Gasteiger partial charge < -0.3 is 10.6 Å². The van der Waals surface area contributed by atoms with Crippen LogP contribution in [0.15, 0.2) is 24.5 Å². The smallest absolute Gasteiger partial charge is 0.353 e. The number of rotatable bonds is 5. The third kappa shape index (κ3) is 3.44. The van der Waals surface area contributed by atoms with Gasteiger partial charge in [0.2, 0.25) is 11.6 Å². The number of aromatic nitrogens is 2. The van der Waals surface area contributed by atoms with E-state index in [1.54, 1.807) is 0 Å². The molecule has 1 aromatic heterocycles. The second-order valence-electron chi connectivity index (χ2n) is 4.71. The molecule has 0 amide bonds. The van der Waals surface area contributed by atoms with Gasteiger partial charge in [0.05, 0.1) is 4.92 Å². The van der Waals surface area contributed by atoms with Gasteiger partial charge in [-0.3, -0.25) is 10.1 Å². The molecule has 0 aliphatic carbocycles. The van der Waals surface area contributed by atoms with Gasteiger partial charge in [0.25, 0.3) is 0 Å². The summed E-state index contributed by atoms with van der Waals surface area (Å²) in [6.07, 6.45) is 1.30. The molecule has 0 bridgehead atoms.